The zero-order valence-electron chi connectivity index (χ0n) is 16.6. The van der Waals surface area contributed by atoms with Crippen LogP contribution >= 0.6 is 0 Å². The number of fused-ring (bicyclic) bond motifs is 1. The molecule has 30 heavy (non-hydrogen) atoms. The number of ether oxygens (including phenoxy) is 1. The molecular formula is C23H26FNO5. The maximum Gasteiger partial charge on any atom is 0.132 e. The van der Waals surface area contributed by atoms with E-state index in [1.54, 1.807) is 12.1 Å². The van der Waals surface area contributed by atoms with Crippen molar-refractivity contribution in [2.45, 2.75) is 50.3 Å². The van der Waals surface area contributed by atoms with E-state index >= 15 is 0 Å². The Labute approximate surface area is 173 Å². The van der Waals surface area contributed by atoms with Gasteiger partial charge < -0.3 is 30.1 Å². The van der Waals surface area contributed by atoms with Crippen LogP contribution in [0.5, 0.6) is 0 Å². The van der Waals surface area contributed by atoms with Crippen LogP contribution < -0.4 is 0 Å². The van der Waals surface area contributed by atoms with Crippen LogP contribution in [0.25, 0.3) is 10.9 Å². The van der Waals surface area contributed by atoms with Crippen LogP contribution in [-0.4, -0.2) is 56.4 Å². The number of hydrogen-bond acceptors (Lipinski definition) is 5. The molecule has 2 aromatic carbocycles. The number of aliphatic hydroxyl groups is 4. The fraction of sp³-hybridized carbons (Fsp3) is 0.391. The second kappa shape index (κ2) is 8.45. The summed E-state index contributed by atoms with van der Waals surface area (Å²) >= 11 is 0. The molecule has 2 heterocycles. The van der Waals surface area contributed by atoms with Gasteiger partial charge in [-0.15, -0.1) is 0 Å². The van der Waals surface area contributed by atoms with E-state index in [2.05, 4.69) is 11.9 Å². The van der Waals surface area contributed by atoms with E-state index in [4.69, 9.17) is 4.74 Å². The second-order valence-corrected chi connectivity index (χ2v) is 7.78. The summed E-state index contributed by atoms with van der Waals surface area (Å²) in [6, 6.07) is 12.7. The van der Waals surface area contributed by atoms with Crippen LogP contribution in [0.4, 0.5) is 4.39 Å². The smallest absolute Gasteiger partial charge is 0.132 e. The maximum absolute atomic E-state index is 14.8. The number of aliphatic hydroxyl groups excluding tert-OH is 4. The Balaban J connectivity index is 1.81. The van der Waals surface area contributed by atoms with E-state index in [0.29, 0.717) is 28.6 Å². The molecule has 1 aliphatic heterocycles. The first-order valence-electron chi connectivity index (χ1n) is 10.1. The first-order chi connectivity index (χ1) is 14.4. The van der Waals surface area contributed by atoms with Crippen molar-refractivity contribution in [1.82, 2.24) is 4.98 Å². The van der Waals surface area contributed by atoms with Gasteiger partial charge in [0.15, 0.2) is 0 Å². The van der Waals surface area contributed by atoms with Crippen LogP contribution in [0.15, 0.2) is 42.5 Å². The van der Waals surface area contributed by atoms with Crippen molar-refractivity contribution in [2.24, 2.45) is 0 Å². The van der Waals surface area contributed by atoms with Gasteiger partial charge in [0.05, 0.1) is 12.3 Å². The van der Waals surface area contributed by atoms with Gasteiger partial charge in [0.1, 0.15) is 36.3 Å². The fourth-order valence-electron chi connectivity index (χ4n) is 4.15. The van der Waals surface area contributed by atoms with Crippen molar-refractivity contribution < 1.29 is 29.6 Å². The molecule has 5 atom stereocenters. The summed E-state index contributed by atoms with van der Waals surface area (Å²) < 4.78 is 20.5. The van der Waals surface area contributed by atoms with Crippen LogP contribution in [-0.2, 0) is 17.6 Å². The molecule has 3 aromatic rings. The Kier molecular flexibility index (Phi) is 5.90. The topological polar surface area (TPSA) is 106 Å². The number of aryl methyl sites for hydroxylation is 1. The predicted molar refractivity (Wildman–Crippen MR) is 110 cm³/mol. The summed E-state index contributed by atoms with van der Waals surface area (Å²) in [6.45, 7) is 1.55. The van der Waals surface area contributed by atoms with Gasteiger partial charge in [0, 0.05) is 17.3 Å². The highest BCUT2D eigenvalue weighted by Gasteiger charge is 2.45. The Hall–Kier alpha value is -2.29. The Morgan fingerprint density at radius 2 is 1.67 bits per heavy atom. The first kappa shape index (κ1) is 21.0. The van der Waals surface area contributed by atoms with Crippen molar-refractivity contribution >= 4 is 10.9 Å². The molecule has 1 fully saturated rings. The number of aromatic amines is 1. The lowest BCUT2D eigenvalue weighted by molar-refractivity contribution is -0.232. The summed E-state index contributed by atoms with van der Waals surface area (Å²) in [7, 11) is 0. The third kappa shape index (κ3) is 3.64. The number of hydrogen-bond donors (Lipinski definition) is 5. The number of nitrogens with one attached hydrogen (secondary N) is 1. The van der Waals surface area contributed by atoms with Crippen LogP contribution in [0.1, 0.15) is 35.4 Å². The SMILES string of the molecule is CCc1ccc(Cc2c([C@@H]3O[C@H](CO)[C@@H](O)[C@H](O)[C@H]3O)[nH]c3cccc(F)c23)cc1. The molecule has 1 saturated heterocycles. The van der Waals surface area contributed by atoms with Gasteiger partial charge in [-0.3, -0.25) is 0 Å². The molecule has 1 aromatic heterocycles. The molecule has 1 aliphatic rings. The normalized spacial score (nSPS) is 26.9. The quantitative estimate of drug-likeness (QED) is 0.438. The number of halogens is 1. The number of aromatic nitrogens is 1. The fourth-order valence-corrected chi connectivity index (χ4v) is 4.15. The Morgan fingerprint density at radius 1 is 0.967 bits per heavy atom. The molecule has 0 unspecified atom stereocenters. The van der Waals surface area contributed by atoms with Crippen molar-refractivity contribution in [2.75, 3.05) is 6.61 Å². The van der Waals surface area contributed by atoms with Gasteiger partial charge in [-0.25, -0.2) is 4.39 Å². The molecule has 0 radical (unpaired) electrons. The highest BCUT2D eigenvalue weighted by atomic mass is 19.1. The molecule has 160 valence electrons. The zero-order valence-corrected chi connectivity index (χ0v) is 16.6. The molecule has 7 heteroatoms. The van der Waals surface area contributed by atoms with Crippen LogP contribution in [0.2, 0.25) is 0 Å². The molecule has 6 nitrogen and oxygen atoms in total. The number of H-pyrrole nitrogens is 1. The summed E-state index contributed by atoms with van der Waals surface area (Å²) in [4.78, 5) is 3.13. The molecule has 0 spiro atoms. The van der Waals surface area contributed by atoms with Gasteiger partial charge in [0.2, 0.25) is 0 Å². The van der Waals surface area contributed by atoms with E-state index in [0.717, 1.165) is 12.0 Å². The average molecular weight is 415 g/mol. The summed E-state index contributed by atoms with van der Waals surface area (Å²) in [5.74, 6) is -0.403. The monoisotopic (exact) mass is 415 g/mol. The van der Waals surface area contributed by atoms with E-state index in [9.17, 15) is 24.8 Å². The van der Waals surface area contributed by atoms with Crippen molar-refractivity contribution in [3.8, 4) is 0 Å². The van der Waals surface area contributed by atoms with Crippen LogP contribution in [0, 0.1) is 5.82 Å². The van der Waals surface area contributed by atoms with E-state index in [1.165, 1.54) is 11.6 Å². The summed E-state index contributed by atoms with van der Waals surface area (Å²) in [5, 5.41) is 40.8. The maximum atomic E-state index is 14.8. The first-order valence-corrected chi connectivity index (χ1v) is 10.1. The average Bonchev–Trinajstić information content (AvgIpc) is 3.12. The minimum absolute atomic E-state index is 0.384. The molecular weight excluding hydrogens is 389 g/mol. The minimum Gasteiger partial charge on any atom is -0.394 e. The number of rotatable bonds is 5. The molecule has 5 N–H and O–H groups in total. The van der Waals surface area contributed by atoms with Gasteiger partial charge in [-0.1, -0.05) is 37.3 Å². The van der Waals surface area contributed by atoms with Crippen molar-refractivity contribution in [1.29, 1.82) is 0 Å². The third-order valence-electron chi connectivity index (χ3n) is 5.90. The number of benzene rings is 2. The Bertz CT molecular complexity index is 1020. The van der Waals surface area contributed by atoms with E-state index < -0.39 is 42.9 Å². The van der Waals surface area contributed by atoms with Gasteiger partial charge in [-0.2, -0.15) is 0 Å². The highest BCUT2D eigenvalue weighted by Crippen LogP contribution is 2.38. The van der Waals surface area contributed by atoms with Crippen molar-refractivity contribution in [3.63, 3.8) is 0 Å². The third-order valence-corrected chi connectivity index (χ3v) is 5.90. The summed E-state index contributed by atoms with van der Waals surface area (Å²) in [5.41, 5.74) is 3.73. The largest absolute Gasteiger partial charge is 0.394 e. The minimum atomic E-state index is -1.51. The van der Waals surface area contributed by atoms with Crippen molar-refractivity contribution in [3.05, 3.63) is 70.7 Å². The van der Waals surface area contributed by atoms with Gasteiger partial charge >= 0.3 is 0 Å². The summed E-state index contributed by atoms with van der Waals surface area (Å²) in [6.07, 6.45) is -5.20. The lowest BCUT2D eigenvalue weighted by atomic mass is 9.90. The lowest BCUT2D eigenvalue weighted by Gasteiger charge is -2.40. The van der Waals surface area contributed by atoms with Gasteiger partial charge in [0.25, 0.3) is 0 Å². The van der Waals surface area contributed by atoms with E-state index in [1.807, 2.05) is 24.3 Å². The van der Waals surface area contributed by atoms with Crippen LogP contribution in [0.3, 0.4) is 0 Å². The second-order valence-electron chi connectivity index (χ2n) is 7.78. The molecule has 0 amide bonds. The van der Waals surface area contributed by atoms with E-state index in [-0.39, 0.29) is 0 Å². The molecule has 4 rings (SSSR count). The molecule has 0 bridgehead atoms. The lowest BCUT2D eigenvalue weighted by Crippen LogP contribution is -2.55. The zero-order chi connectivity index (χ0) is 21.4. The highest BCUT2D eigenvalue weighted by molar-refractivity contribution is 5.86. The predicted octanol–water partition coefficient (Wildman–Crippen LogP) is 1.98. The molecule has 0 aliphatic carbocycles. The standard InChI is InChI=1S/C23H26FNO5/c1-2-12-6-8-13(9-7-12)10-14-18-15(24)4-3-5-16(18)25-19(14)23-22(29)21(28)20(27)17(11-26)30-23/h3-9,17,20-23,25-29H,2,10-11H2,1H3/t17-,20-,21+,22-,23+/m1/s1. The molecule has 0 saturated carbocycles. The Morgan fingerprint density at radius 3 is 2.33 bits per heavy atom. The van der Waals surface area contributed by atoms with Gasteiger partial charge in [-0.05, 0) is 35.2 Å².